The second-order valence-corrected chi connectivity index (χ2v) is 16.1. The molecule has 0 fully saturated rings. The Morgan fingerprint density at radius 1 is 0.375 bits per heavy atom. The predicted molar refractivity (Wildman–Crippen MR) is 238 cm³/mol. The summed E-state index contributed by atoms with van der Waals surface area (Å²) in [6.07, 6.45) is 51.2. The van der Waals surface area contributed by atoms with E-state index in [-0.39, 0.29) is 31.1 Å². The molecule has 56 heavy (non-hydrogen) atoms. The summed E-state index contributed by atoms with van der Waals surface area (Å²) in [5.74, 6) is -0.889. The Balaban J connectivity index is 4.38. The number of hydrogen-bond donors (Lipinski definition) is 0. The van der Waals surface area contributed by atoms with Crippen molar-refractivity contribution >= 4 is 17.9 Å². The van der Waals surface area contributed by atoms with E-state index in [1.807, 2.05) is 0 Å². The van der Waals surface area contributed by atoms with E-state index in [0.29, 0.717) is 19.3 Å². The Hall–Kier alpha value is -2.37. The molecular formula is C50H90O6. The molecule has 0 saturated heterocycles. The fraction of sp³-hybridized carbons (Fsp3) is 0.820. The molecule has 6 heteroatoms. The molecule has 0 spiro atoms. The molecule has 0 amide bonds. The summed E-state index contributed by atoms with van der Waals surface area (Å²) in [4.78, 5) is 37.8. The minimum Gasteiger partial charge on any atom is -0.462 e. The van der Waals surface area contributed by atoms with Crippen molar-refractivity contribution in [2.45, 2.75) is 252 Å². The fourth-order valence-corrected chi connectivity index (χ4v) is 6.85. The molecule has 0 radical (unpaired) electrons. The first-order chi connectivity index (χ1) is 27.5. The fourth-order valence-electron chi connectivity index (χ4n) is 6.85. The van der Waals surface area contributed by atoms with Crippen LogP contribution in [-0.2, 0) is 28.6 Å². The van der Waals surface area contributed by atoms with E-state index in [2.05, 4.69) is 57.2 Å². The predicted octanol–water partition coefficient (Wildman–Crippen LogP) is 15.4. The molecule has 0 N–H and O–H groups in total. The number of ether oxygens (including phenoxy) is 3. The largest absolute Gasteiger partial charge is 0.462 e. The van der Waals surface area contributed by atoms with E-state index >= 15 is 0 Å². The van der Waals surface area contributed by atoms with Crippen LogP contribution >= 0.6 is 0 Å². The van der Waals surface area contributed by atoms with Crippen molar-refractivity contribution in [2.75, 3.05) is 13.2 Å². The summed E-state index contributed by atoms with van der Waals surface area (Å²) in [6.45, 7) is 6.49. The zero-order valence-corrected chi connectivity index (χ0v) is 37.2. The highest BCUT2D eigenvalue weighted by molar-refractivity contribution is 5.71. The van der Waals surface area contributed by atoms with Gasteiger partial charge >= 0.3 is 17.9 Å². The maximum absolute atomic E-state index is 12.7. The first-order valence-corrected chi connectivity index (χ1v) is 24.0. The van der Waals surface area contributed by atoms with Crippen molar-refractivity contribution < 1.29 is 28.6 Å². The SMILES string of the molecule is CC\C=C/C=C\C=C/CCCCCCCC(=O)OCC(COC(=O)CCCCCCCCCCCCCC)OC(=O)CCCCCCCCCCCCCCC. The van der Waals surface area contributed by atoms with Crippen LogP contribution in [0.5, 0.6) is 0 Å². The van der Waals surface area contributed by atoms with Crippen LogP contribution in [0.15, 0.2) is 36.5 Å². The van der Waals surface area contributed by atoms with Crippen molar-refractivity contribution in [3.05, 3.63) is 36.5 Å². The minimum atomic E-state index is -0.773. The van der Waals surface area contributed by atoms with Gasteiger partial charge in [-0.1, -0.05) is 224 Å². The molecule has 6 nitrogen and oxygen atoms in total. The molecule has 0 aromatic heterocycles. The Morgan fingerprint density at radius 3 is 1.07 bits per heavy atom. The smallest absolute Gasteiger partial charge is 0.306 e. The van der Waals surface area contributed by atoms with Gasteiger partial charge in [0.1, 0.15) is 13.2 Å². The first-order valence-electron chi connectivity index (χ1n) is 24.0. The second-order valence-electron chi connectivity index (χ2n) is 16.1. The van der Waals surface area contributed by atoms with Crippen LogP contribution in [0, 0.1) is 0 Å². The third kappa shape index (κ3) is 42.8. The van der Waals surface area contributed by atoms with Gasteiger partial charge in [-0.15, -0.1) is 0 Å². The van der Waals surface area contributed by atoms with Crippen LogP contribution in [-0.4, -0.2) is 37.2 Å². The number of hydrogen-bond acceptors (Lipinski definition) is 6. The van der Waals surface area contributed by atoms with E-state index in [4.69, 9.17) is 14.2 Å². The highest BCUT2D eigenvalue weighted by atomic mass is 16.6. The number of esters is 3. The molecule has 1 atom stereocenters. The van der Waals surface area contributed by atoms with E-state index in [9.17, 15) is 14.4 Å². The summed E-state index contributed by atoms with van der Waals surface area (Å²) in [7, 11) is 0. The Morgan fingerprint density at radius 2 is 0.696 bits per heavy atom. The topological polar surface area (TPSA) is 78.9 Å². The average molecular weight is 787 g/mol. The van der Waals surface area contributed by atoms with E-state index in [1.54, 1.807) is 0 Å². The van der Waals surface area contributed by atoms with Gasteiger partial charge in [0.05, 0.1) is 0 Å². The molecule has 0 heterocycles. The molecule has 0 aliphatic carbocycles. The molecule has 0 aliphatic rings. The van der Waals surface area contributed by atoms with Crippen molar-refractivity contribution in [2.24, 2.45) is 0 Å². The zero-order chi connectivity index (χ0) is 40.8. The number of allylic oxidation sites excluding steroid dienone is 6. The molecule has 326 valence electrons. The van der Waals surface area contributed by atoms with Crippen LogP contribution < -0.4 is 0 Å². The Kier molecular flexibility index (Phi) is 43.4. The molecule has 0 bridgehead atoms. The third-order valence-corrected chi connectivity index (χ3v) is 10.5. The van der Waals surface area contributed by atoms with E-state index in [0.717, 1.165) is 83.5 Å². The second kappa shape index (κ2) is 45.3. The normalized spacial score (nSPS) is 12.3. The third-order valence-electron chi connectivity index (χ3n) is 10.5. The quantitative estimate of drug-likeness (QED) is 0.0265. The van der Waals surface area contributed by atoms with E-state index < -0.39 is 6.10 Å². The summed E-state index contributed by atoms with van der Waals surface area (Å²) < 4.78 is 16.7. The number of carbonyl (C=O) groups excluding carboxylic acids is 3. The van der Waals surface area contributed by atoms with E-state index in [1.165, 1.54) is 122 Å². The van der Waals surface area contributed by atoms with Crippen molar-refractivity contribution in [1.82, 2.24) is 0 Å². The van der Waals surface area contributed by atoms with Gasteiger partial charge in [0.2, 0.25) is 0 Å². The lowest BCUT2D eigenvalue weighted by Crippen LogP contribution is -2.30. The molecule has 0 aliphatic heterocycles. The summed E-state index contributed by atoms with van der Waals surface area (Å²) in [6, 6.07) is 0. The highest BCUT2D eigenvalue weighted by Gasteiger charge is 2.19. The molecule has 0 aromatic rings. The van der Waals surface area contributed by atoms with Gasteiger partial charge in [-0.3, -0.25) is 14.4 Å². The monoisotopic (exact) mass is 787 g/mol. The van der Waals surface area contributed by atoms with Gasteiger partial charge < -0.3 is 14.2 Å². The number of rotatable bonds is 43. The van der Waals surface area contributed by atoms with Crippen LogP contribution in [0.1, 0.15) is 245 Å². The highest BCUT2D eigenvalue weighted by Crippen LogP contribution is 2.15. The standard InChI is InChI=1S/C50H90O6/c1-4-7-10-13-16-19-22-25-28-31-34-37-40-43-49(52)55-46-47(45-54-48(51)42-39-36-33-30-27-24-21-18-15-12-9-6-3)56-50(53)44-41-38-35-32-29-26-23-20-17-14-11-8-5-2/h7,10,13,16,19,22,47H,4-6,8-9,11-12,14-15,17-18,20-21,23-46H2,1-3H3/b10-7-,16-13-,22-19-. The lowest BCUT2D eigenvalue weighted by atomic mass is 10.0. The summed E-state index contributed by atoms with van der Waals surface area (Å²) in [5, 5.41) is 0. The van der Waals surface area contributed by atoms with Crippen LogP contribution in [0.2, 0.25) is 0 Å². The molecule has 0 saturated carbocycles. The van der Waals surface area contributed by atoms with Crippen molar-refractivity contribution in [1.29, 1.82) is 0 Å². The molecule has 0 rings (SSSR count). The van der Waals surface area contributed by atoms with Gasteiger partial charge in [-0.2, -0.15) is 0 Å². The zero-order valence-electron chi connectivity index (χ0n) is 37.2. The average Bonchev–Trinajstić information content (AvgIpc) is 3.19. The van der Waals surface area contributed by atoms with Crippen LogP contribution in [0.3, 0.4) is 0 Å². The molecule has 0 aromatic carbocycles. The van der Waals surface area contributed by atoms with Gasteiger partial charge in [-0.05, 0) is 38.5 Å². The summed E-state index contributed by atoms with van der Waals surface area (Å²) in [5.41, 5.74) is 0. The lowest BCUT2D eigenvalue weighted by Gasteiger charge is -2.18. The van der Waals surface area contributed by atoms with Crippen LogP contribution in [0.25, 0.3) is 0 Å². The lowest BCUT2D eigenvalue weighted by molar-refractivity contribution is -0.167. The number of unbranched alkanes of at least 4 members (excludes halogenated alkanes) is 28. The van der Waals surface area contributed by atoms with Gasteiger partial charge in [0, 0.05) is 19.3 Å². The van der Waals surface area contributed by atoms with Crippen molar-refractivity contribution in [3.63, 3.8) is 0 Å². The van der Waals surface area contributed by atoms with Gasteiger partial charge in [0.25, 0.3) is 0 Å². The Labute approximate surface area is 346 Å². The minimum absolute atomic E-state index is 0.0750. The first kappa shape index (κ1) is 53.6. The maximum Gasteiger partial charge on any atom is 0.306 e. The van der Waals surface area contributed by atoms with Crippen molar-refractivity contribution in [3.8, 4) is 0 Å². The van der Waals surface area contributed by atoms with Crippen LogP contribution in [0.4, 0.5) is 0 Å². The summed E-state index contributed by atoms with van der Waals surface area (Å²) >= 11 is 0. The van der Waals surface area contributed by atoms with Gasteiger partial charge in [0.15, 0.2) is 6.10 Å². The maximum atomic E-state index is 12.7. The number of carbonyl (C=O) groups is 3. The Bertz CT molecular complexity index is 953. The van der Waals surface area contributed by atoms with Gasteiger partial charge in [-0.25, -0.2) is 0 Å². The molecular weight excluding hydrogens is 697 g/mol. The molecule has 1 unspecified atom stereocenters.